The van der Waals surface area contributed by atoms with E-state index < -0.39 is 5.82 Å². The number of halogens is 2. The standard InChI is InChI=1S/C11H11ClFN3O/c1-16(2)10-6-4-9(17-3)7(13)5-8(6)14-11(12)15-10/h4-5H,1-3H3. The number of rotatable bonds is 2. The third-order valence-corrected chi connectivity index (χ3v) is 2.51. The van der Waals surface area contributed by atoms with Gasteiger partial charge in [-0.2, -0.15) is 4.98 Å². The molecule has 4 nitrogen and oxygen atoms in total. The van der Waals surface area contributed by atoms with Crippen LogP contribution in [-0.4, -0.2) is 31.2 Å². The summed E-state index contributed by atoms with van der Waals surface area (Å²) in [4.78, 5) is 9.88. The summed E-state index contributed by atoms with van der Waals surface area (Å²) in [6, 6.07) is 2.85. The Balaban J connectivity index is 2.81. The molecule has 0 aliphatic heterocycles. The molecule has 0 radical (unpaired) electrons. The number of fused-ring (bicyclic) bond motifs is 1. The van der Waals surface area contributed by atoms with Crippen LogP contribution in [0.5, 0.6) is 5.75 Å². The Kier molecular flexibility index (Phi) is 3.02. The number of aromatic nitrogens is 2. The number of hydrogen-bond donors (Lipinski definition) is 0. The fraction of sp³-hybridized carbons (Fsp3) is 0.273. The maximum Gasteiger partial charge on any atom is 0.224 e. The lowest BCUT2D eigenvalue weighted by molar-refractivity contribution is 0.387. The molecular formula is C11H11ClFN3O. The molecule has 0 amide bonds. The third kappa shape index (κ3) is 2.10. The van der Waals surface area contributed by atoms with Crippen LogP contribution in [0.15, 0.2) is 12.1 Å². The highest BCUT2D eigenvalue weighted by Crippen LogP contribution is 2.29. The molecule has 2 aromatic rings. The first-order valence-electron chi connectivity index (χ1n) is 4.91. The molecular weight excluding hydrogens is 245 g/mol. The van der Waals surface area contributed by atoms with Crippen LogP contribution < -0.4 is 9.64 Å². The van der Waals surface area contributed by atoms with Crippen molar-refractivity contribution in [2.45, 2.75) is 0 Å². The lowest BCUT2D eigenvalue weighted by Crippen LogP contribution is -2.12. The lowest BCUT2D eigenvalue weighted by Gasteiger charge is -2.14. The van der Waals surface area contributed by atoms with Crippen molar-refractivity contribution in [1.82, 2.24) is 9.97 Å². The van der Waals surface area contributed by atoms with Gasteiger partial charge >= 0.3 is 0 Å². The molecule has 0 aliphatic carbocycles. The second kappa shape index (κ2) is 4.33. The molecule has 0 bridgehead atoms. The topological polar surface area (TPSA) is 38.2 Å². The van der Waals surface area contributed by atoms with Crippen molar-refractivity contribution in [1.29, 1.82) is 0 Å². The fourth-order valence-electron chi connectivity index (χ4n) is 1.58. The van der Waals surface area contributed by atoms with E-state index in [0.29, 0.717) is 16.7 Å². The van der Waals surface area contributed by atoms with Crippen molar-refractivity contribution in [2.24, 2.45) is 0 Å². The van der Waals surface area contributed by atoms with Crippen molar-refractivity contribution >= 4 is 28.3 Å². The zero-order valence-corrected chi connectivity index (χ0v) is 10.4. The Hall–Kier alpha value is -1.62. The van der Waals surface area contributed by atoms with Gasteiger partial charge in [0.1, 0.15) is 5.82 Å². The summed E-state index contributed by atoms with van der Waals surface area (Å²) in [5.41, 5.74) is 0.451. The van der Waals surface area contributed by atoms with Gasteiger partial charge in [0.2, 0.25) is 5.28 Å². The first-order valence-corrected chi connectivity index (χ1v) is 5.29. The average molecular weight is 256 g/mol. The van der Waals surface area contributed by atoms with Crippen LogP contribution in [0.3, 0.4) is 0 Å². The van der Waals surface area contributed by atoms with Crippen LogP contribution in [0.1, 0.15) is 0 Å². The first kappa shape index (κ1) is 11.9. The van der Waals surface area contributed by atoms with E-state index in [1.807, 2.05) is 14.1 Å². The van der Waals surface area contributed by atoms with Crippen molar-refractivity contribution in [3.05, 3.63) is 23.2 Å². The van der Waals surface area contributed by atoms with Gasteiger partial charge in [-0.1, -0.05) is 0 Å². The highest BCUT2D eigenvalue weighted by atomic mass is 35.5. The van der Waals surface area contributed by atoms with Crippen LogP contribution in [0, 0.1) is 5.82 Å². The van der Waals surface area contributed by atoms with E-state index in [-0.39, 0.29) is 11.0 Å². The Morgan fingerprint density at radius 1 is 1.29 bits per heavy atom. The number of anilines is 1. The predicted molar refractivity (Wildman–Crippen MR) is 65.4 cm³/mol. The summed E-state index contributed by atoms with van der Waals surface area (Å²) in [5.74, 6) is 0.310. The van der Waals surface area contributed by atoms with E-state index in [1.54, 1.807) is 11.0 Å². The molecule has 0 saturated carbocycles. The van der Waals surface area contributed by atoms with Gasteiger partial charge < -0.3 is 9.64 Å². The molecule has 90 valence electrons. The zero-order valence-electron chi connectivity index (χ0n) is 9.66. The minimum absolute atomic E-state index is 0.0887. The monoisotopic (exact) mass is 255 g/mol. The van der Waals surface area contributed by atoms with E-state index in [1.165, 1.54) is 13.2 Å². The van der Waals surface area contributed by atoms with Gasteiger partial charge in [0.05, 0.1) is 12.6 Å². The van der Waals surface area contributed by atoms with Gasteiger partial charge in [0, 0.05) is 25.5 Å². The summed E-state index contributed by atoms with van der Waals surface area (Å²) in [6.07, 6.45) is 0. The number of hydrogen-bond acceptors (Lipinski definition) is 4. The molecule has 1 aromatic carbocycles. The molecule has 0 spiro atoms. The minimum atomic E-state index is -0.473. The molecule has 0 aliphatic rings. The maximum absolute atomic E-state index is 13.5. The molecule has 0 N–H and O–H groups in total. The number of methoxy groups -OCH3 is 1. The number of ether oxygens (including phenoxy) is 1. The third-order valence-electron chi connectivity index (χ3n) is 2.35. The molecule has 1 heterocycles. The smallest absolute Gasteiger partial charge is 0.224 e. The van der Waals surface area contributed by atoms with E-state index in [4.69, 9.17) is 16.3 Å². The van der Waals surface area contributed by atoms with Crippen LogP contribution in [0.4, 0.5) is 10.2 Å². The summed E-state index contributed by atoms with van der Waals surface area (Å²) in [5, 5.41) is 0.781. The zero-order chi connectivity index (χ0) is 12.6. The largest absolute Gasteiger partial charge is 0.494 e. The van der Waals surface area contributed by atoms with Crippen LogP contribution in [0.25, 0.3) is 10.9 Å². The Bertz CT molecular complexity index is 574. The lowest BCUT2D eigenvalue weighted by atomic mass is 10.2. The summed E-state index contributed by atoms with van der Waals surface area (Å²) < 4.78 is 18.5. The first-order chi connectivity index (χ1) is 8.02. The molecule has 1 aromatic heterocycles. The fourth-order valence-corrected chi connectivity index (χ4v) is 1.75. The Morgan fingerprint density at radius 2 is 2.00 bits per heavy atom. The summed E-state index contributed by atoms with van der Waals surface area (Å²) >= 11 is 5.79. The molecule has 6 heteroatoms. The molecule has 0 saturated heterocycles. The Morgan fingerprint density at radius 3 is 2.59 bits per heavy atom. The van der Waals surface area contributed by atoms with Gasteiger partial charge in [-0.15, -0.1) is 0 Å². The van der Waals surface area contributed by atoms with Crippen LogP contribution in [0.2, 0.25) is 5.28 Å². The normalized spacial score (nSPS) is 10.6. The van der Waals surface area contributed by atoms with E-state index in [9.17, 15) is 4.39 Å². The second-order valence-electron chi connectivity index (χ2n) is 3.71. The van der Waals surface area contributed by atoms with Crippen LogP contribution in [-0.2, 0) is 0 Å². The molecule has 2 rings (SSSR count). The number of nitrogens with zero attached hydrogens (tertiary/aromatic N) is 3. The van der Waals surface area contributed by atoms with Crippen molar-refractivity contribution in [2.75, 3.05) is 26.1 Å². The summed E-state index contributed by atoms with van der Waals surface area (Å²) in [7, 11) is 5.07. The van der Waals surface area contributed by atoms with Crippen LogP contribution >= 0.6 is 11.6 Å². The molecule has 0 atom stereocenters. The van der Waals surface area contributed by atoms with E-state index in [2.05, 4.69) is 9.97 Å². The highest BCUT2D eigenvalue weighted by Gasteiger charge is 2.12. The average Bonchev–Trinajstić information content (AvgIpc) is 2.26. The predicted octanol–water partition coefficient (Wildman–Crippen LogP) is 2.50. The Labute approximate surface area is 103 Å². The van der Waals surface area contributed by atoms with Crippen molar-refractivity contribution < 1.29 is 9.13 Å². The van der Waals surface area contributed by atoms with Gasteiger partial charge in [-0.3, -0.25) is 0 Å². The highest BCUT2D eigenvalue weighted by molar-refractivity contribution is 6.28. The minimum Gasteiger partial charge on any atom is -0.494 e. The quantitative estimate of drug-likeness (QED) is 0.773. The second-order valence-corrected chi connectivity index (χ2v) is 4.05. The van der Waals surface area contributed by atoms with Crippen molar-refractivity contribution in [3.8, 4) is 5.75 Å². The molecule has 0 unspecified atom stereocenters. The SMILES string of the molecule is COc1cc2c(N(C)C)nc(Cl)nc2cc1F. The molecule has 0 fully saturated rings. The maximum atomic E-state index is 13.5. The van der Waals surface area contributed by atoms with Gasteiger partial charge in [0.15, 0.2) is 11.6 Å². The molecule has 17 heavy (non-hydrogen) atoms. The van der Waals surface area contributed by atoms with Gasteiger partial charge in [-0.25, -0.2) is 9.37 Å². The van der Waals surface area contributed by atoms with Crippen molar-refractivity contribution in [3.63, 3.8) is 0 Å². The van der Waals surface area contributed by atoms with Gasteiger partial charge in [0.25, 0.3) is 0 Å². The summed E-state index contributed by atoms with van der Waals surface area (Å²) in [6.45, 7) is 0. The number of benzene rings is 1. The van der Waals surface area contributed by atoms with E-state index >= 15 is 0 Å². The van der Waals surface area contributed by atoms with E-state index in [0.717, 1.165) is 0 Å². The van der Waals surface area contributed by atoms with Gasteiger partial charge in [-0.05, 0) is 17.7 Å².